The van der Waals surface area contributed by atoms with Crippen LogP contribution in [0.2, 0.25) is 0 Å². The van der Waals surface area contributed by atoms with Crippen LogP contribution in [0.15, 0.2) is 36.4 Å². The van der Waals surface area contributed by atoms with Gasteiger partial charge in [-0.25, -0.2) is 0 Å². The molecular formula is C17H15NO6. The van der Waals surface area contributed by atoms with E-state index in [1.54, 1.807) is 30.3 Å². The minimum atomic E-state index is -0.354. The highest BCUT2D eigenvalue weighted by Gasteiger charge is 2.14. The average Bonchev–Trinajstić information content (AvgIpc) is 3.07. The summed E-state index contributed by atoms with van der Waals surface area (Å²) in [6.07, 6.45) is 0.693. The highest BCUT2D eigenvalue weighted by Crippen LogP contribution is 2.34. The zero-order valence-electron chi connectivity index (χ0n) is 12.9. The summed E-state index contributed by atoms with van der Waals surface area (Å²) in [5.41, 5.74) is 1.00. The summed E-state index contributed by atoms with van der Waals surface area (Å²) in [4.78, 5) is 22.9. The predicted octanol–water partition coefficient (Wildman–Crippen LogP) is 2.25. The van der Waals surface area contributed by atoms with Gasteiger partial charge in [-0.05, 0) is 30.3 Å². The van der Waals surface area contributed by atoms with Gasteiger partial charge in [-0.15, -0.1) is 0 Å². The Balaban J connectivity index is 1.62. The van der Waals surface area contributed by atoms with Crippen LogP contribution in [0.4, 0.5) is 5.69 Å². The molecule has 1 heterocycles. The van der Waals surface area contributed by atoms with Gasteiger partial charge in [-0.2, -0.15) is 0 Å². The number of hydrogen-bond acceptors (Lipinski definition) is 6. The van der Waals surface area contributed by atoms with Gasteiger partial charge < -0.3 is 24.3 Å². The summed E-state index contributed by atoms with van der Waals surface area (Å²) >= 11 is 0. The van der Waals surface area contributed by atoms with Crippen molar-refractivity contribution in [3.63, 3.8) is 0 Å². The van der Waals surface area contributed by atoms with Crippen molar-refractivity contribution < 1.29 is 28.5 Å². The van der Waals surface area contributed by atoms with Crippen molar-refractivity contribution in [2.45, 2.75) is 0 Å². The van der Waals surface area contributed by atoms with Crippen LogP contribution in [0.5, 0.6) is 23.0 Å². The Morgan fingerprint density at radius 1 is 1.17 bits per heavy atom. The fourth-order valence-corrected chi connectivity index (χ4v) is 2.19. The molecule has 0 saturated heterocycles. The van der Waals surface area contributed by atoms with E-state index in [1.807, 2.05) is 0 Å². The zero-order valence-corrected chi connectivity index (χ0v) is 12.9. The first kappa shape index (κ1) is 15.7. The van der Waals surface area contributed by atoms with Gasteiger partial charge in [0.1, 0.15) is 6.29 Å². The van der Waals surface area contributed by atoms with E-state index in [0.29, 0.717) is 40.5 Å². The van der Waals surface area contributed by atoms with Crippen molar-refractivity contribution in [2.24, 2.45) is 0 Å². The molecule has 1 aliphatic rings. The Bertz CT molecular complexity index is 774. The van der Waals surface area contributed by atoms with Gasteiger partial charge in [0.25, 0.3) is 5.91 Å². The van der Waals surface area contributed by atoms with Crippen molar-refractivity contribution in [3.05, 3.63) is 42.0 Å². The maximum absolute atomic E-state index is 12.0. The van der Waals surface area contributed by atoms with Crippen LogP contribution in [0.25, 0.3) is 0 Å². The van der Waals surface area contributed by atoms with Crippen LogP contribution in [0, 0.1) is 0 Å². The number of benzene rings is 2. The minimum absolute atomic E-state index is 0.169. The molecular weight excluding hydrogens is 314 g/mol. The SMILES string of the molecule is COc1ccc(C=O)cc1OCC(=O)Nc1ccc2c(c1)OCO2. The van der Waals surface area contributed by atoms with E-state index in [-0.39, 0.29) is 19.3 Å². The molecule has 0 spiro atoms. The fourth-order valence-electron chi connectivity index (χ4n) is 2.19. The number of nitrogens with one attached hydrogen (secondary N) is 1. The average molecular weight is 329 g/mol. The molecule has 0 bridgehead atoms. The molecule has 0 fully saturated rings. The van der Waals surface area contributed by atoms with Gasteiger partial charge in [0.05, 0.1) is 7.11 Å². The van der Waals surface area contributed by atoms with E-state index in [4.69, 9.17) is 18.9 Å². The lowest BCUT2D eigenvalue weighted by molar-refractivity contribution is -0.118. The number of amides is 1. The molecule has 0 aliphatic carbocycles. The second kappa shape index (κ2) is 6.91. The third kappa shape index (κ3) is 3.40. The van der Waals surface area contributed by atoms with Gasteiger partial charge in [0.2, 0.25) is 6.79 Å². The molecule has 24 heavy (non-hydrogen) atoms. The van der Waals surface area contributed by atoms with Crippen LogP contribution in [0.1, 0.15) is 10.4 Å². The molecule has 0 radical (unpaired) electrons. The maximum atomic E-state index is 12.0. The lowest BCUT2D eigenvalue weighted by atomic mass is 10.2. The molecule has 0 aromatic heterocycles. The van der Waals surface area contributed by atoms with E-state index in [2.05, 4.69) is 5.32 Å². The number of methoxy groups -OCH3 is 1. The largest absolute Gasteiger partial charge is 0.493 e. The van der Waals surface area contributed by atoms with Crippen LogP contribution in [-0.4, -0.2) is 32.7 Å². The van der Waals surface area contributed by atoms with Gasteiger partial charge in [-0.3, -0.25) is 9.59 Å². The maximum Gasteiger partial charge on any atom is 0.262 e. The number of hydrogen-bond donors (Lipinski definition) is 1. The molecule has 0 unspecified atom stereocenters. The molecule has 1 aliphatic heterocycles. The van der Waals surface area contributed by atoms with Crippen molar-refractivity contribution in [1.82, 2.24) is 0 Å². The third-order valence-corrected chi connectivity index (χ3v) is 3.34. The van der Waals surface area contributed by atoms with E-state index in [9.17, 15) is 9.59 Å². The molecule has 0 saturated carbocycles. The first-order valence-electron chi connectivity index (χ1n) is 7.15. The number of rotatable bonds is 6. The summed E-state index contributed by atoms with van der Waals surface area (Å²) in [6, 6.07) is 9.82. The summed E-state index contributed by atoms with van der Waals surface area (Å²) in [7, 11) is 1.48. The Morgan fingerprint density at radius 2 is 2.00 bits per heavy atom. The van der Waals surface area contributed by atoms with E-state index < -0.39 is 0 Å². The monoisotopic (exact) mass is 329 g/mol. The number of fused-ring (bicyclic) bond motifs is 1. The number of carbonyl (C=O) groups excluding carboxylic acids is 2. The van der Waals surface area contributed by atoms with Crippen LogP contribution < -0.4 is 24.3 Å². The van der Waals surface area contributed by atoms with E-state index in [0.717, 1.165) is 0 Å². The molecule has 7 nitrogen and oxygen atoms in total. The first-order chi connectivity index (χ1) is 11.7. The summed E-state index contributed by atoms with van der Waals surface area (Å²) in [5.74, 6) is 1.63. The Kier molecular flexibility index (Phi) is 4.51. The zero-order chi connectivity index (χ0) is 16.9. The fraction of sp³-hybridized carbons (Fsp3) is 0.176. The van der Waals surface area contributed by atoms with Crippen molar-refractivity contribution >= 4 is 17.9 Å². The molecule has 1 N–H and O–H groups in total. The molecule has 2 aromatic rings. The Hall–Kier alpha value is -3.22. The smallest absolute Gasteiger partial charge is 0.262 e. The number of ether oxygens (including phenoxy) is 4. The molecule has 2 aromatic carbocycles. The molecule has 7 heteroatoms. The molecule has 3 rings (SSSR count). The van der Waals surface area contributed by atoms with Crippen LogP contribution >= 0.6 is 0 Å². The summed E-state index contributed by atoms with van der Waals surface area (Å²) < 4.78 is 21.0. The highest BCUT2D eigenvalue weighted by atomic mass is 16.7. The van der Waals surface area contributed by atoms with Crippen molar-refractivity contribution in [3.8, 4) is 23.0 Å². The second-order valence-corrected chi connectivity index (χ2v) is 4.93. The number of aldehydes is 1. The number of carbonyl (C=O) groups is 2. The lowest BCUT2D eigenvalue weighted by Crippen LogP contribution is -2.20. The van der Waals surface area contributed by atoms with E-state index >= 15 is 0 Å². The summed E-state index contributed by atoms with van der Waals surface area (Å²) in [5, 5.41) is 2.70. The third-order valence-electron chi connectivity index (χ3n) is 3.34. The summed E-state index contributed by atoms with van der Waals surface area (Å²) in [6.45, 7) is -0.0597. The highest BCUT2D eigenvalue weighted by molar-refractivity contribution is 5.92. The van der Waals surface area contributed by atoms with Crippen LogP contribution in [-0.2, 0) is 4.79 Å². The van der Waals surface area contributed by atoms with Crippen molar-refractivity contribution in [1.29, 1.82) is 0 Å². The lowest BCUT2D eigenvalue weighted by Gasteiger charge is -2.11. The Morgan fingerprint density at radius 3 is 2.79 bits per heavy atom. The van der Waals surface area contributed by atoms with Gasteiger partial charge in [0, 0.05) is 17.3 Å². The van der Waals surface area contributed by atoms with Crippen LogP contribution in [0.3, 0.4) is 0 Å². The van der Waals surface area contributed by atoms with Gasteiger partial charge in [0.15, 0.2) is 29.6 Å². The molecule has 0 atom stereocenters. The standard InChI is InChI=1S/C17H15NO6/c1-21-13-4-2-11(8-19)6-15(13)22-9-17(20)18-12-3-5-14-16(7-12)24-10-23-14/h2-8H,9-10H2,1H3,(H,18,20). The quantitative estimate of drug-likeness (QED) is 0.819. The van der Waals surface area contributed by atoms with E-state index in [1.165, 1.54) is 13.2 Å². The van der Waals surface area contributed by atoms with Gasteiger partial charge >= 0.3 is 0 Å². The second-order valence-electron chi connectivity index (χ2n) is 4.93. The van der Waals surface area contributed by atoms with Gasteiger partial charge in [-0.1, -0.05) is 0 Å². The molecule has 1 amide bonds. The topological polar surface area (TPSA) is 83.1 Å². The number of anilines is 1. The molecule has 124 valence electrons. The normalized spacial score (nSPS) is 11.7. The minimum Gasteiger partial charge on any atom is -0.493 e. The predicted molar refractivity (Wildman–Crippen MR) is 85.1 cm³/mol. The van der Waals surface area contributed by atoms with Crippen molar-refractivity contribution in [2.75, 3.05) is 25.8 Å². The Labute approximate surface area is 138 Å². The first-order valence-corrected chi connectivity index (χ1v) is 7.15.